The van der Waals surface area contributed by atoms with Crippen LogP contribution in [-0.4, -0.2) is 59.3 Å². The van der Waals surface area contributed by atoms with Gasteiger partial charge in [0.05, 0.1) is 12.5 Å². The van der Waals surface area contributed by atoms with E-state index >= 15 is 0 Å². The fourth-order valence-electron chi connectivity index (χ4n) is 3.53. The summed E-state index contributed by atoms with van der Waals surface area (Å²) >= 11 is 0. The lowest BCUT2D eigenvalue weighted by Crippen LogP contribution is -2.56. The molecule has 2 fully saturated rings. The summed E-state index contributed by atoms with van der Waals surface area (Å²) in [7, 11) is 0. The van der Waals surface area contributed by atoms with Gasteiger partial charge in [0, 0.05) is 37.8 Å². The van der Waals surface area contributed by atoms with Gasteiger partial charge < -0.3 is 10.6 Å². The van der Waals surface area contributed by atoms with Gasteiger partial charge in [-0.2, -0.15) is 0 Å². The number of carbonyl (C=O) groups excluding carboxylic acids is 3. The van der Waals surface area contributed by atoms with E-state index < -0.39 is 0 Å². The van der Waals surface area contributed by atoms with Crippen LogP contribution in [0.4, 0.5) is 5.82 Å². The van der Waals surface area contributed by atoms with Crippen molar-refractivity contribution in [2.24, 2.45) is 0 Å². The fraction of sp³-hybridized carbons (Fsp3) is 0.556. The van der Waals surface area contributed by atoms with Gasteiger partial charge in [0.15, 0.2) is 0 Å². The SMILES string of the molecule is C[C@@H]1CNC[C@H](C)N1CC(=O)Nc1ccc(C2CCC(=O)NC2=O)cn1.Cl. The van der Waals surface area contributed by atoms with Gasteiger partial charge in [0.1, 0.15) is 5.82 Å². The van der Waals surface area contributed by atoms with E-state index in [0.29, 0.717) is 37.3 Å². The van der Waals surface area contributed by atoms with E-state index in [2.05, 4.69) is 39.7 Å². The lowest BCUT2D eigenvalue weighted by Gasteiger charge is -2.38. The molecule has 0 saturated carbocycles. The third kappa shape index (κ3) is 5.24. The van der Waals surface area contributed by atoms with Crippen molar-refractivity contribution in [1.82, 2.24) is 20.5 Å². The van der Waals surface area contributed by atoms with Crippen molar-refractivity contribution in [3.8, 4) is 0 Å². The number of hydrogen-bond acceptors (Lipinski definition) is 6. The fourth-order valence-corrected chi connectivity index (χ4v) is 3.53. The number of piperidine rings is 1. The zero-order chi connectivity index (χ0) is 18.7. The second kappa shape index (κ2) is 9.25. The minimum atomic E-state index is -0.368. The number of pyridine rings is 1. The van der Waals surface area contributed by atoms with Gasteiger partial charge in [-0.05, 0) is 31.9 Å². The van der Waals surface area contributed by atoms with Crippen LogP contribution in [-0.2, 0) is 14.4 Å². The minimum absolute atomic E-state index is 0. The molecule has 3 amide bonds. The normalized spacial score (nSPS) is 26.1. The van der Waals surface area contributed by atoms with Crippen molar-refractivity contribution in [2.75, 3.05) is 25.0 Å². The van der Waals surface area contributed by atoms with Gasteiger partial charge in [-0.15, -0.1) is 12.4 Å². The predicted molar refractivity (Wildman–Crippen MR) is 104 cm³/mol. The summed E-state index contributed by atoms with van der Waals surface area (Å²) in [6.45, 7) is 6.26. The van der Waals surface area contributed by atoms with E-state index in [1.165, 1.54) is 0 Å². The number of amides is 3. The summed E-state index contributed by atoms with van der Waals surface area (Å²) in [4.78, 5) is 41.9. The first-order valence-electron chi connectivity index (χ1n) is 9.00. The molecule has 3 atom stereocenters. The van der Waals surface area contributed by atoms with Gasteiger partial charge >= 0.3 is 0 Å². The van der Waals surface area contributed by atoms with Gasteiger partial charge in [0.25, 0.3) is 0 Å². The third-order valence-corrected chi connectivity index (χ3v) is 5.03. The van der Waals surface area contributed by atoms with Crippen LogP contribution >= 0.6 is 12.4 Å². The van der Waals surface area contributed by atoms with E-state index in [-0.39, 0.29) is 36.0 Å². The van der Waals surface area contributed by atoms with E-state index in [4.69, 9.17) is 0 Å². The molecular weight excluding hydrogens is 370 g/mol. The molecule has 0 aromatic carbocycles. The van der Waals surface area contributed by atoms with Crippen LogP contribution in [0.3, 0.4) is 0 Å². The highest BCUT2D eigenvalue weighted by Crippen LogP contribution is 2.24. The standard InChI is InChI=1S/C18H25N5O3.ClH/c1-11-7-19-8-12(2)23(11)10-17(25)21-15-5-3-13(9-20-15)14-4-6-16(24)22-18(14)26;/h3,5,9,11-12,14,19H,4,6-8,10H2,1-2H3,(H,20,21,25)(H,22,24,26);1H/t11-,12+,14?;. The molecule has 3 rings (SSSR count). The first-order valence-corrected chi connectivity index (χ1v) is 9.00. The number of nitrogens with one attached hydrogen (secondary N) is 3. The molecule has 1 unspecified atom stereocenters. The Bertz CT molecular complexity index is 687. The van der Waals surface area contributed by atoms with E-state index in [1.54, 1.807) is 18.3 Å². The second-order valence-electron chi connectivity index (χ2n) is 7.06. The van der Waals surface area contributed by atoms with Crippen LogP contribution in [0.25, 0.3) is 0 Å². The number of nitrogens with zero attached hydrogens (tertiary/aromatic N) is 2. The highest BCUT2D eigenvalue weighted by molar-refractivity contribution is 6.01. The van der Waals surface area contributed by atoms with Gasteiger partial charge in [-0.3, -0.25) is 24.6 Å². The molecule has 1 aromatic heterocycles. The topological polar surface area (TPSA) is 103 Å². The Kier molecular flexibility index (Phi) is 7.29. The number of imide groups is 1. The molecule has 0 spiro atoms. The lowest BCUT2D eigenvalue weighted by molar-refractivity contribution is -0.134. The summed E-state index contributed by atoms with van der Waals surface area (Å²) in [5.74, 6) is -0.540. The molecule has 9 heteroatoms. The zero-order valence-electron chi connectivity index (χ0n) is 15.5. The predicted octanol–water partition coefficient (Wildman–Crippen LogP) is 0.644. The average Bonchev–Trinajstić information content (AvgIpc) is 2.59. The molecule has 2 saturated heterocycles. The van der Waals surface area contributed by atoms with Crippen molar-refractivity contribution in [1.29, 1.82) is 0 Å². The summed E-state index contributed by atoms with van der Waals surface area (Å²) in [6, 6.07) is 4.07. The Balaban J connectivity index is 0.00000261. The van der Waals surface area contributed by atoms with Gasteiger partial charge in [-0.25, -0.2) is 4.98 Å². The number of carbonyl (C=O) groups is 3. The van der Waals surface area contributed by atoms with Crippen molar-refractivity contribution in [3.63, 3.8) is 0 Å². The maximum atomic E-state index is 12.3. The van der Waals surface area contributed by atoms with Gasteiger partial charge in [-0.1, -0.05) is 6.07 Å². The quantitative estimate of drug-likeness (QED) is 0.646. The molecule has 27 heavy (non-hydrogen) atoms. The number of piperazine rings is 1. The molecular formula is C18H26ClN5O3. The molecule has 8 nitrogen and oxygen atoms in total. The first kappa shape index (κ1) is 21.3. The van der Waals surface area contributed by atoms with Crippen molar-refractivity contribution in [2.45, 2.75) is 44.7 Å². The molecule has 3 heterocycles. The van der Waals surface area contributed by atoms with E-state index in [0.717, 1.165) is 18.7 Å². The van der Waals surface area contributed by atoms with Crippen molar-refractivity contribution in [3.05, 3.63) is 23.9 Å². The third-order valence-electron chi connectivity index (χ3n) is 5.03. The average molecular weight is 396 g/mol. The van der Waals surface area contributed by atoms with Crippen molar-refractivity contribution < 1.29 is 14.4 Å². The van der Waals surface area contributed by atoms with Crippen LogP contribution in [0.2, 0.25) is 0 Å². The van der Waals surface area contributed by atoms with Crippen LogP contribution in [0.15, 0.2) is 18.3 Å². The Morgan fingerprint density at radius 2 is 1.96 bits per heavy atom. The maximum absolute atomic E-state index is 12.3. The Labute approximate surface area is 164 Å². The van der Waals surface area contributed by atoms with Crippen LogP contribution in [0.5, 0.6) is 0 Å². The molecule has 2 aliphatic rings. The Morgan fingerprint density at radius 1 is 1.26 bits per heavy atom. The maximum Gasteiger partial charge on any atom is 0.239 e. The minimum Gasteiger partial charge on any atom is -0.314 e. The highest BCUT2D eigenvalue weighted by Gasteiger charge is 2.28. The van der Waals surface area contributed by atoms with E-state index in [1.807, 2.05) is 0 Å². The number of aromatic nitrogens is 1. The molecule has 2 aliphatic heterocycles. The second-order valence-corrected chi connectivity index (χ2v) is 7.06. The van der Waals surface area contributed by atoms with Crippen LogP contribution in [0.1, 0.15) is 38.2 Å². The Morgan fingerprint density at radius 3 is 2.56 bits per heavy atom. The smallest absolute Gasteiger partial charge is 0.239 e. The van der Waals surface area contributed by atoms with Crippen molar-refractivity contribution >= 4 is 35.9 Å². The van der Waals surface area contributed by atoms with E-state index in [9.17, 15) is 14.4 Å². The monoisotopic (exact) mass is 395 g/mol. The Hall–Kier alpha value is -2.03. The summed E-state index contributed by atoms with van der Waals surface area (Å²) in [5.41, 5.74) is 0.748. The van der Waals surface area contributed by atoms with Crippen LogP contribution < -0.4 is 16.0 Å². The molecule has 0 radical (unpaired) electrons. The number of rotatable bonds is 4. The lowest BCUT2D eigenvalue weighted by atomic mass is 9.92. The summed E-state index contributed by atoms with van der Waals surface area (Å²) in [6.07, 6.45) is 2.40. The first-order chi connectivity index (χ1) is 12.4. The molecule has 0 bridgehead atoms. The largest absolute Gasteiger partial charge is 0.314 e. The van der Waals surface area contributed by atoms with Crippen LogP contribution in [0, 0.1) is 0 Å². The zero-order valence-corrected chi connectivity index (χ0v) is 16.3. The molecule has 3 N–H and O–H groups in total. The molecule has 1 aromatic rings. The summed E-state index contributed by atoms with van der Waals surface area (Å²) in [5, 5.41) is 8.50. The summed E-state index contributed by atoms with van der Waals surface area (Å²) < 4.78 is 0. The number of anilines is 1. The molecule has 148 valence electrons. The van der Waals surface area contributed by atoms with Gasteiger partial charge in [0.2, 0.25) is 17.7 Å². The highest BCUT2D eigenvalue weighted by atomic mass is 35.5. The number of halogens is 1. The molecule has 0 aliphatic carbocycles. The number of hydrogen-bond donors (Lipinski definition) is 3.